The molecule has 0 saturated carbocycles. The lowest BCUT2D eigenvalue weighted by molar-refractivity contribution is -0.118. The maximum atomic E-state index is 12.4. The Labute approximate surface area is 190 Å². The van der Waals surface area contributed by atoms with Gasteiger partial charge in [0.15, 0.2) is 11.0 Å². The van der Waals surface area contributed by atoms with E-state index in [1.54, 1.807) is 19.5 Å². The molecule has 0 fully saturated rings. The molecule has 1 amide bonds. The molecule has 0 aliphatic carbocycles. The summed E-state index contributed by atoms with van der Waals surface area (Å²) in [6.07, 6.45) is 4.23. The zero-order valence-corrected chi connectivity index (χ0v) is 18.5. The highest BCUT2D eigenvalue weighted by atomic mass is 32.2. The molecule has 162 valence electrons. The molecule has 0 spiro atoms. The van der Waals surface area contributed by atoms with E-state index in [1.807, 2.05) is 59.2 Å². The Morgan fingerprint density at radius 1 is 1.00 bits per heavy atom. The minimum Gasteiger partial charge on any atom is -0.497 e. The van der Waals surface area contributed by atoms with E-state index in [2.05, 4.69) is 32.6 Å². The molecule has 32 heavy (non-hydrogen) atoms. The zero-order valence-electron chi connectivity index (χ0n) is 17.6. The molecule has 2 heterocycles. The third-order valence-corrected chi connectivity index (χ3v) is 5.74. The van der Waals surface area contributed by atoms with Crippen LogP contribution in [-0.2, 0) is 11.2 Å². The molecule has 1 N–H and O–H groups in total. The summed E-state index contributed by atoms with van der Waals surface area (Å²) in [5, 5.41) is 12.4. The van der Waals surface area contributed by atoms with E-state index in [-0.39, 0.29) is 11.7 Å². The first-order chi connectivity index (χ1) is 15.7. The van der Waals surface area contributed by atoms with Crippen molar-refractivity contribution in [1.29, 1.82) is 0 Å². The van der Waals surface area contributed by atoms with Gasteiger partial charge in [-0.15, -0.1) is 10.2 Å². The SMILES string of the molecule is COc1ccc(-n2c(SCC(=O)NCCc3ccccc3)nnc2-c2ccncc2)cc1. The summed E-state index contributed by atoms with van der Waals surface area (Å²) >= 11 is 1.35. The van der Waals surface area contributed by atoms with E-state index in [4.69, 9.17) is 4.74 Å². The standard InChI is InChI=1S/C24H23N5O2S/c1-31-21-9-7-20(8-10-21)29-23(19-12-14-25-15-13-19)27-28-24(29)32-17-22(30)26-16-11-18-5-3-2-4-6-18/h2-10,12-15H,11,16-17H2,1H3,(H,26,30). The quantitative estimate of drug-likeness (QED) is 0.395. The first-order valence-corrected chi connectivity index (χ1v) is 11.2. The number of thioether (sulfide) groups is 1. The van der Waals surface area contributed by atoms with Gasteiger partial charge >= 0.3 is 0 Å². The predicted molar refractivity (Wildman–Crippen MR) is 125 cm³/mol. The highest BCUT2D eigenvalue weighted by Gasteiger charge is 2.17. The number of rotatable bonds is 9. The largest absolute Gasteiger partial charge is 0.497 e. The van der Waals surface area contributed by atoms with Crippen LogP contribution in [0.25, 0.3) is 17.1 Å². The van der Waals surface area contributed by atoms with Crippen LogP contribution in [0, 0.1) is 0 Å². The van der Waals surface area contributed by atoms with Crippen molar-refractivity contribution in [3.8, 4) is 22.8 Å². The molecule has 0 aliphatic heterocycles. The number of hydrogen-bond donors (Lipinski definition) is 1. The topological polar surface area (TPSA) is 81.9 Å². The Morgan fingerprint density at radius 2 is 1.75 bits per heavy atom. The summed E-state index contributed by atoms with van der Waals surface area (Å²) in [5.41, 5.74) is 2.97. The molecule has 2 aromatic carbocycles. The fourth-order valence-corrected chi connectivity index (χ4v) is 3.97. The number of carbonyl (C=O) groups is 1. The molecule has 4 aromatic rings. The Kier molecular flexibility index (Phi) is 7.14. The number of nitrogens with zero attached hydrogens (tertiary/aromatic N) is 4. The average molecular weight is 446 g/mol. The van der Waals surface area contributed by atoms with Crippen LogP contribution in [0.1, 0.15) is 5.56 Å². The average Bonchev–Trinajstić information content (AvgIpc) is 3.28. The Balaban J connectivity index is 1.48. The molecule has 0 bridgehead atoms. The number of hydrogen-bond acceptors (Lipinski definition) is 6. The van der Waals surface area contributed by atoms with Gasteiger partial charge in [0, 0.05) is 30.2 Å². The molecular formula is C24H23N5O2S. The second-order valence-corrected chi connectivity index (χ2v) is 7.89. The monoisotopic (exact) mass is 445 g/mol. The number of carbonyl (C=O) groups excluding carboxylic acids is 1. The van der Waals surface area contributed by atoms with E-state index < -0.39 is 0 Å². The highest BCUT2D eigenvalue weighted by Crippen LogP contribution is 2.28. The van der Waals surface area contributed by atoms with Gasteiger partial charge in [0.2, 0.25) is 5.91 Å². The van der Waals surface area contributed by atoms with Crippen LogP contribution in [0.5, 0.6) is 5.75 Å². The van der Waals surface area contributed by atoms with Crippen LogP contribution >= 0.6 is 11.8 Å². The molecule has 0 radical (unpaired) electrons. The minimum absolute atomic E-state index is 0.0410. The summed E-state index contributed by atoms with van der Waals surface area (Å²) in [7, 11) is 1.63. The number of aromatic nitrogens is 4. The van der Waals surface area contributed by atoms with Gasteiger partial charge in [0.1, 0.15) is 5.75 Å². The van der Waals surface area contributed by atoms with Crippen LogP contribution in [0.15, 0.2) is 84.3 Å². The molecule has 0 atom stereocenters. The Bertz CT molecular complexity index is 1150. The van der Waals surface area contributed by atoms with Crippen molar-refractivity contribution in [2.45, 2.75) is 11.6 Å². The maximum Gasteiger partial charge on any atom is 0.230 e. The minimum atomic E-state index is -0.0410. The second kappa shape index (κ2) is 10.6. The first-order valence-electron chi connectivity index (χ1n) is 10.2. The van der Waals surface area contributed by atoms with E-state index >= 15 is 0 Å². The Hall–Kier alpha value is -3.65. The van der Waals surface area contributed by atoms with Crippen LogP contribution in [-0.4, -0.2) is 45.1 Å². The van der Waals surface area contributed by atoms with Gasteiger partial charge in [0.25, 0.3) is 0 Å². The summed E-state index contributed by atoms with van der Waals surface area (Å²) < 4.78 is 7.21. The lowest BCUT2D eigenvalue weighted by Crippen LogP contribution is -2.27. The number of methoxy groups -OCH3 is 1. The van der Waals surface area contributed by atoms with Crippen molar-refractivity contribution in [2.75, 3.05) is 19.4 Å². The summed E-state index contributed by atoms with van der Waals surface area (Å²) in [5.74, 6) is 1.66. The maximum absolute atomic E-state index is 12.4. The van der Waals surface area contributed by atoms with Gasteiger partial charge in [-0.3, -0.25) is 14.3 Å². The normalized spacial score (nSPS) is 10.7. The van der Waals surface area contributed by atoms with Crippen LogP contribution in [0.2, 0.25) is 0 Å². The molecule has 2 aromatic heterocycles. The molecule has 7 nitrogen and oxygen atoms in total. The molecule has 0 unspecified atom stereocenters. The predicted octanol–water partition coefficient (Wildman–Crippen LogP) is 3.79. The van der Waals surface area contributed by atoms with Crippen LogP contribution < -0.4 is 10.1 Å². The van der Waals surface area contributed by atoms with Gasteiger partial charge in [0.05, 0.1) is 12.9 Å². The van der Waals surface area contributed by atoms with Gasteiger partial charge in [-0.25, -0.2) is 0 Å². The van der Waals surface area contributed by atoms with E-state index in [0.29, 0.717) is 17.5 Å². The zero-order chi connectivity index (χ0) is 22.2. The van der Waals surface area contributed by atoms with Crippen molar-refractivity contribution < 1.29 is 9.53 Å². The number of ether oxygens (including phenoxy) is 1. The third kappa shape index (κ3) is 5.33. The van der Waals surface area contributed by atoms with Gasteiger partial charge in [-0.05, 0) is 48.4 Å². The van der Waals surface area contributed by atoms with E-state index in [9.17, 15) is 4.79 Å². The van der Waals surface area contributed by atoms with Crippen LogP contribution in [0.3, 0.4) is 0 Å². The third-order valence-electron chi connectivity index (χ3n) is 4.81. The molecule has 4 rings (SSSR count). The van der Waals surface area contributed by atoms with E-state index in [0.717, 1.165) is 23.4 Å². The smallest absolute Gasteiger partial charge is 0.230 e. The number of nitrogens with one attached hydrogen (secondary N) is 1. The summed E-state index contributed by atoms with van der Waals surface area (Å²) in [4.78, 5) is 16.5. The van der Waals surface area contributed by atoms with E-state index in [1.165, 1.54) is 17.3 Å². The number of amides is 1. The summed E-state index contributed by atoms with van der Waals surface area (Å²) in [6.45, 7) is 0.594. The van der Waals surface area contributed by atoms with Crippen molar-refractivity contribution in [2.24, 2.45) is 0 Å². The lowest BCUT2D eigenvalue weighted by Gasteiger charge is -2.11. The van der Waals surface area contributed by atoms with Crippen molar-refractivity contribution in [3.05, 3.63) is 84.7 Å². The first kappa shape index (κ1) is 21.6. The Morgan fingerprint density at radius 3 is 2.47 bits per heavy atom. The fourth-order valence-electron chi connectivity index (χ4n) is 3.19. The fraction of sp³-hybridized carbons (Fsp3) is 0.167. The van der Waals surface area contributed by atoms with Gasteiger partial charge in [-0.2, -0.15) is 0 Å². The second-order valence-electron chi connectivity index (χ2n) is 6.95. The van der Waals surface area contributed by atoms with Gasteiger partial charge in [-0.1, -0.05) is 42.1 Å². The number of pyridine rings is 1. The molecule has 8 heteroatoms. The van der Waals surface area contributed by atoms with Gasteiger partial charge < -0.3 is 10.1 Å². The molecule has 0 saturated heterocycles. The summed E-state index contributed by atoms with van der Waals surface area (Å²) in [6, 6.07) is 21.5. The number of benzene rings is 2. The molecular weight excluding hydrogens is 422 g/mol. The highest BCUT2D eigenvalue weighted by molar-refractivity contribution is 7.99. The molecule has 0 aliphatic rings. The van der Waals surface area contributed by atoms with Crippen molar-refractivity contribution in [3.63, 3.8) is 0 Å². The van der Waals surface area contributed by atoms with Crippen molar-refractivity contribution >= 4 is 17.7 Å². The van der Waals surface area contributed by atoms with Crippen molar-refractivity contribution in [1.82, 2.24) is 25.1 Å². The lowest BCUT2D eigenvalue weighted by atomic mass is 10.1. The van der Waals surface area contributed by atoms with Crippen LogP contribution in [0.4, 0.5) is 0 Å².